The summed E-state index contributed by atoms with van der Waals surface area (Å²) in [6.07, 6.45) is 12.1. The summed E-state index contributed by atoms with van der Waals surface area (Å²) in [4.78, 5) is 16.0. The number of anilines is 2. The van der Waals surface area contributed by atoms with Crippen molar-refractivity contribution >= 4 is 45.5 Å². The Morgan fingerprint density at radius 2 is 1.68 bits per heavy atom. The molecule has 10 heteroatoms. The molecule has 2 N–H and O–H groups in total. The molecule has 1 aliphatic rings. The van der Waals surface area contributed by atoms with Gasteiger partial charge in [-0.15, -0.1) is 0 Å². The molecule has 0 atom stereocenters. The molecule has 2 heterocycles. The van der Waals surface area contributed by atoms with Gasteiger partial charge in [-0.1, -0.05) is 49.7 Å². The van der Waals surface area contributed by atoms with Crippen molar-refractivity contribution in [1.29, 1.82) is 0 Å². The first kappa shape index (κ1) is 28.0. The zero-order chi connectivity index (χ0) is 27.1. The van der Waals surface area contributed by atoms with Gasteiger partial charge in [-0.2, -0.15) is 0 Å². The molecular formula is C28H35ClN6O2S. The fourth-order valence-corrected chi connectivity index (χ4v) is 6.37. The van der Waals surface area contributed by atoms with Gasteiger partial charge in [-0.3, -0.25) is 4.72 Å². The second-order valence-corrected chi connectivity index (χ2v) is 11.5. The summed E-state index contributed by atoms with van der Waals surface area (Å²) in [5, 5.41) is 3.64. The average molecular weight is 555 g/mol. The molecule has 8 nitrogen and oxygen atoms in total. The lowest BCUT2D eigenvalue weighted by Crippen LogP contribution is -2.40. The summed E-state index contributed by atoms with van der Waals surface area (Å²) < 4.78 is 27.9. The van der Waals surface area contributed by atoms with Gasteiger partial charge in [0.1, 0.15) is 10.7 Å². The molecule has 1 aliphatic carbocycles. The quantitative estimate of drug-likeness (QED) is 0.323. The lowest BCUT2D eigenvalue weighted by Gasteiger charge is -2.36. The van der Waals surface area contributed by atoms with E-state index in [1.165, 1.54) is 25.0 Å². The fraction of sp³-hybridized carbons (Fsp3) is 0.393. The Hall–Kier alpha value is -3.01. The topological polar surface area (TPSA) is 100 Å². The van der Waals surface area contributed by atoms with Gasteiger partial charge in [0.05, 0.1) is 5.02 Å². The maximum atomic E-state index is 12.7. The molecule has 0 amide bonds. The molecule has 1 saturated carbocycles. The Morgan fingerprint density at radius 3 is 2.32 bits per heavy atom. The van der Waals surface area contributed by atoms with Crippen molar-refractivity contribution in [1.82, 2.24) is 19.9 Å². The van der Waals surface area contributed by atoms with E-state index >= 15 is 0 Å². The lowest BCUT2D eigenvalue weighted by molar-refractivity contribution is 0.167. The van der Waals surface area contributed by atoms with Gasteiger partial charge in [0.25, 0.3) is 10.0 Å². The number of pyridine rings is 1. The molecule has 4 rings (SSSR count). The summed E-state index contributed by atoms with van der Waals surface area (Å²) in [6, 6.07) is 10.8. The summed E-state index contributed by atoms with van der Waals surface area (Å²) in [7, 11) is -3.84. The predicted molar refractivity (Wildman–Crippen MR) is 155 cm³/mol. The predicted octanol–water partition coefficient (Wildman–Crippen LogP) is 5.87. The maximum absolute atomic E-state index is 12.7. The molecule has 0 bridgehead atoms. The number of nitrogens with one attached hydrogen (secondary N) is 2. The van der Waals surface area contributed by atoms with E-state index in [1.807, 2.05) is 25.1 Å². The molecule has 0 spiro atoms. The Balaban J connectivity index is 1.33. The van der Waals surface area contributed by atoms with Crippen LogP contribution in [0.3, 0.4) is 0 Å². The average Bonchev–Trinajstić information content (AvgIpc) is 2.91. The van der Waals surface area contributed by atoms with Gasteiger partial charge in [-0.05, 0) is 75.5 Å². The van der Waals surface area contributed by atoms with Crippen molar-refractivity contribution in [2.24, 2.45) is 0 Å². The van der Waals surface area contributed by atoms with Crippen molar-refractivity contribution in [2.75, 3.05) is 23.1 Å². The first-order chi connectivity index (χ1) is 18.3. The molecule has 38 heavy (non-hydrogen) atoms. The smallest absolute Gasteiger partial charge is 0.264 e. The highest BCUT2D eigenvalue weighted by molar-refractivity contribution is 7.92. The molecule has 0 saturated heterocycles. The molecule has 0 aliphatic heterocycles. The van der Waals surface area contributed by atoms with Gasteiger partial charge < -0.3 is 10.2 Å². The van der Waals surface area contributed by atoms with Crippen LogP contribution in [-0.2, 0) is 10.0 Å². The van der Waals surface area contributed by atoms with E-state index in [2.05, 4.69) is 43.7 Å². The second-order valence-electron chi connectivity index (χ2n) is 9.45. The van der Waals surface area contributed by atoms with Crippen LogP contribution in [0, 0.1) is 6.92 Å². The van der Waals surface area contributed by atoms with E-state index in [0.717, 1.165) is 37.1 Å². The molecule has 202 valence electrons. The molecule has 0 unspecified atom stereocenters. The van der Waals surface area contributed by atoms with Gasteiger partial charge in [-0.25, -0.2) is 23.4 Å². The molecule has 0 radical (unpaired) electrons. The fourth-order valence-electron chi connectivity index (χ4n) is 4.85. The number of hydrogen-bond donors (Lipinski definition) is 2. The van der Waals surface area contributed by atoms with E-state index in [0.29, 0.717) is 23.7 Å². The van der Waals surface area contributed by atoms with E-state index in [1.54, 1.807) is 30.6 Å². The van der Waals surface area contributed by atoms with Gasteiger partial charge in [0, 0.05) is 35.7 Å². The summed E-state index contributed by atoms with van der Waals surface area (Å²) in [5.74, 6) is 0.880. The van der Waals surface area contributed by atoms with E-state index in [-0.39, 0.29) is 15.7 Å². The Labute approximate surface area is 230 Å². The number of aryl methyl sites for hydroxylation is 1. The van der Waals surface area contributed by atoms with Gasteiger partial charge in [0.2, 0.25) is 5.95 Å². The van der Waals surface area contributed by atoms with Crippen LogP contribution in [0.15, 0.2) is 53.7 Å². The molecule has 1 aromatic carbocycles. The van der Waals surface area contributed by atoms with E-state index in [9.17, 15) is 8.42 Å². The number of nitrogens with zero attached hydrogens (tertiary/aromatic N) is 4. The van der Waals surface area contributed by atoms with Crippen LogP contribution in [0.5, 0.6) is 0 Å². The lowest BCUT2D eigenvalue weighted by atomic mass is 9.90. The van der Waals surface area contributed by atoms with E-state index in [4.69, 9.17) is 11.6 Å². The number of benzene rings is 1. The highest BCUT2D eigenvalue weighted by Gasteiger charge is 2.24. The summed E-state index contributed by atoms with van der Waals surface area (Å²) >= 11 is 6.05. The van der Waals surface area contributed by atoms with Crippen molar-refractivity contribution in [3.63, 3.8) is 0 Å². The number of halogens is 1. The number of aromatic nitrogens is 3. The van der Waals surface area contributed by atoms with Gasteiger partial charge >= 0.3 is 0 Å². The monoisotopic (exact) mass is 554 g/mol. The van der Waals surface area contributed by atoms with Gasteiger partial charge in [0.15, 0.2) is 0 Å². The zero-order valence-corrected chi connectivity index (χ0v) is 23.6. The first-order valence-corrected chi connectivity index (χ1v) is 14.9. The van der Waals surface area contributed by atoms with Crippen LogP contribution in [0.4, 0.5) is 11.8 Å². The van der Waals surface area contributed by atoms with Crippen LogP contribution >= 0.6 is 11.6 Å². The number of sulfonamides is 1. The van der Waals surface area contributed by atoms with Crippen LogP contribution in [0.1, 0.15) is 56.4 Å². The standard InChI is InChI=1S/C28H35ClN6O2S/c1-4-35(5-2)24-15-13-23(14-16-24)33-28-30-18-21(19-31-28)10-11-22-12-17-27(32-20(22)3)34-38(36,37)26-9-7-6-8-25(26)29/h6-12,17-19,23-24H,4-5,13-16H2,1-3H3,(H,32,34)(H,30,31,33)/b11-10+/t23-,24-. The van der Waals surface area contributed by atoms with Crippen LogP contribution in [0.2, 0.25) is 5.02 Å². The summed E-state index contributed by atoms with van der Waals surface area (Å²) in [6.45, 7) is 8.51. The second kappa shape index (κ2) is 12.7. The van der Waals surface area contributed by atoms with Crippen LogP contribution in [-0.4, -0.2) is 53.4 Å². The van der Waals surface area contributed by atoms with E-state index < -0.39 is 10.0 Å². The van der Waals surface area contributed by atoms with Crippen molar-refractivity contribution in [2.45, 2.75) is 63.4 Å². The Kier molecular flexibility index (Phi) is 9.35. The molecule has 1 fully saturated rings. The van der Waals surface area contributed by atoms with Crippen LogP contribution in [0.25, 0.3) is 12.2 Å². The Morgan fingerprint density at radius 1 is 1.00 bits per heavy atom. The Bertz CT molecular complexity index is 1350. The minimum absolute atomic E-state index is 0.00958. The highest BCUT2D eigenvalue weighted by Crippen LogP contribution is 2.25. The number of rotatable bonds is 10. The van der Waals surface area contributed by atoms with Crippen LogP contribution < -0.4 is 10.0 Å². The molecule has 3 aromatic rings. The normalized spacial score (nSPS) is 18.1. The third-order valence-corrected chi connectivity index (χ3v) is 8.83. The third-order valence-electron chi connectivity index (χ3n) is 6.98. The molecule has 2 aromatic heterocycles. The third kappa shape index (κ3) is 7.09. The zero-order valence-electron chi connectivity index (χ0n) is 22.1. The minimum Gasteiger partial charge on any atom is -0.351 e. The molecular weight excluding hydrogens is 520 g/mol. The maximum Gasteiger partial charge on any atom is 0.264 e. The largest absolute Gasteiger partial charge is 0.351 e. The van der Waals surface area contributed by atoms with Crippen molar-refractivity contribution in [3.8, 4) is 0 Å². The highest BCUT2D eigenvalue weighted by atomic mass is 35.5. The van der Waals surface area contributed by atoms with Crippen molar-refractivity contribution in [3.05, 3.63) is 70.6 Å². The summed E-state index contributed by atoms with van der Waals surface area (Å²) in [5.41, 5.74) is 2.40. The number of hydrogen-bond acceptors (Lipinski definition) is 7. The minimum atomic E-state index is -3.84. The SMILES string of the molecule is CCN(CC)[C@H]1CC[C@H](Nc2ncc(/C=C/c3ccc(NS(=O)(=O)c4ccccc4Cl)nc3C)cn2)CC1. The first-order valence-electron chi connectivity index (χ1n) is 13.0. The van der Waals surface area contributed by atoms with Crippen molar-refractivity contribution < 1.29 is 8.42 Å².